The monoisotopic (exact) mass is 286 g/mol. The van der Waals surface area contributed by atoms with Crippen molar-refractivity contribution < 1.29 is 9.53 Å². The van der Waals surface area contributed by atoms with Gasteiger partial charge in [-0.2, -0.15) is 0 Å². The number of carbonyl (C=O) groups is 1. The molecule has 0 aliphatic rings. The number of imidazole rings is 1. The second kappa shape index (κ2) is 4.98. The van der Waals surface area contributed by atoms with Crippen molar-refractivity contribution in [3.8, 4) is 11.3 Å². The van der Waals surface area contributed by atoms with E-state index < -0.39 is 0 Å². The molecule has 0 spiro atoms. The van der Waals surface area contributed by atoms with Gasteiger partial charge in [-0.25, -0.2) is 9.78 Å². The number of pyridine rings is 1. The van der Waals surface area contributed by atoms with Crippen molar-refractivity contribution in [3.63, 3.8) is 0 Å². The van der Waals surface area contributed by atoms with Crippen molar-refractivity contribution in [2.45, 2.75) is 0 Å². The highest BCUT2D eigenvalue weighted by Crippen LogP contribution is 2.22. The molecule has 1 aromatic carbocycles. The van der Waals surface area contributed by atoms with Crippen LogP contribution < -0.4 is 0 Å². The van der Waals surface area contributed by atoms with Crippen molar-refractivity contribution in [1.29, 1.82) is 0 Å². The van der Waals surface area contributed by atoms with E-state index in [1.54, 1.807) is 22.7 Å². The van der Waals surface area contributed by atoms with Crippen LogP contribution in [0, 0.1) is 0 Å². The summed E-state index contributed by atoms with van der Waals surface area (Å²) in [7, 11) is 1.36. The van der Waals surface area contributed by atoms with E-state index in [2.05, 4.69) is 4.98 Å². The first-order valence-electron chi connectivity index (χ1n) is 6.00. The molecule has 0 unspecified atom stereocenters. The number of esters is 1. The number of hydrogen-bond donors (Lipinski definition) is 0. The molecule has 3 rings (SSSR count). The number of methoxy groups -OCH3 is 1. The molecule has 0 fully saturated rings. The fourth-order valence-corrected chi connectivity index (χ4v) is 2.21. The molecule has 3 aromatic rings. The highest BCUT2D eigenvalue weighted by atomic mass is 35.5. The van der Waals surface area contributed by atoms with Gasteiger partial charge in [-0.1, -0.05) is 23.7 Å². The number of carbonyl (C=O) groups excluding carboxylic acids is 1. The van der Waals surface area contributed by atoms with E-state index in [0.29, 0.717) is 10.6 Å². The van der Waals surface area contributed by atoms with Crippen LogP contribution in [0.1, 0.15) is 10.4 Å². The summed E-state index contributed by atoms with van der Waals surface area (Å²) in [5.41, 5.74) is 2.97. The quantitative estimate of drug-likeness (QED) is 0.678. The van der Waals surface area contributed by atoms with Crippen LogP contribution in [0.3, 0.4) is 0 Å². The number of nitrogens with zero attached hydrogens (tertiary/aromatic N) is 2. The molecule has 20 heavy (non-hydrogen) atoms. The number of rotatable bonds is 2. The fraction of sp³-hybridized carbons (Fsp3) is 0.0667. The molecule has 0 saturated heterocycles. The van der Waals surface area contributed by atoms with Gasteiger partial charge in [0.05, 0.1) is 18.4 Å². The molecule has 2 heterocycles. The number of ether oxygens (including phenoxy) is 1. The Bertz CT molecular complexity index is 795. The molecule has 0 atom stereocenters. The maximum absolute atomic E-state index is 11.5. The predicted molar refractivity (Wildman–Crippen MR) is 77.0 cm³/mol. The van der Waals surface area contributed by atoms with Crippen LogP contribution in [0.4, 0.5) is 0 Å². The first-order valence-corrected chi connectivity index (χ1v) is 6.38. The lowest BCUT2D eigenvalue weighted by Crippen LogP contribution is -2.02. The Kier molecular flexibility index (Phi) is 3.16. The van der Waals surface area contributed by atoms with E-state index >= 15 is 0 Å². The Balaban J connectivity index is 2.09. The van der Waals surface area contributed by atoms with Crippen LogP contribution in [0.5, 0.6) is 0 Å². The molecule has 0 amide bonds. The smallest absolute Gasteiger partial charge is 0.339 e. The molecule has 2 aromatic heterocycles. The van der Waals surface area contributed by atoms with Crippen molar-refractivity contribution in [2.24, 2.45) is 0 Å². The maximum Gasteiger partial charge on any atom is 0.339 e. The minimum absolute atomic E-state index is 0.370. The van der Waals surface area contributed by atoms with Gasteiger partial charge < -0.3 is 9.14 Å². The Hall–Kier alpha value is -2.33. The van der Waals surface area contributed by atoms with Crippen molar-refractivity contribution >= 4 is 23.2 Å². The van der Waals surface area contributed by atoms with Gasteiger partial charge in [0.2, 0.25) is 0 Å². The summed E-state index contributed by atoms with van der Waals surface area (Å²) in [5.74, 6) is -0.370. The molecule has 100 valence electrons. The van der Waals surface area contributed by atoms with E-state index in [1.807, 2.05) is 30.5 Å². The summed E-state index contributed by atoms with van der Waals surface area (Å²) in [5, 5.41) is 0.662. The van der Waals surface area contributed by atoms with Gasteiger partial charge in [-0.3, -0.25) is 0 Å². The second-order valence-electron chi connectivity index (χ2n) is 4.31. The first kappa shape index (κ1) is 12.7. The maximum atomic E-state index is 11.5. The third-order valence-corrected chi connectivity index (χ3v) is 3.23. The fourth-order valence-electron chi connectivity index (χ4n) is 2.02. The van der Waals surface area contributed by atoms with E-state index in [0.717, 1.165) is 16.9 Å². The third-order valence-electron chi connectivity index (χ3n) is 2.99. The Morgan fingerprint density at radius 1 is 1.25 bits per heavy atom. The zero-order valence-electron chi connectivity index (χ0n) is 10.7. The molecule has 0 bridgehead atoms. The van der Waals surface area contributed by atoms with E-state index in [1.165, 1.54) is 7.11 Å². The zero-order valence-corrected chi connectivity index (χ0v) is 11.5. The van der Waals surface area contributed by atoms with Crippen LogP contribution in [0.15, 0.2) is 48.8 Å². The molecule has 4 nitrogen and oxygen atoms in total. The molecule has 0 saturated carbocycles. The Labute approximate surface area is 120 Å². The average Bonchev–Trinajstić information content (AvgIpc) is 2.89. The number of benzene rings is 1. The van der Waals surface area contributed by atoms with Gasteiger partial charge in [0.25, 0.3) is 0 Å². The zero-order chi connectivity index (χ0) is 14.1. The van der Waals surface area contributed by atoms with E-state index in [-0.39, 0.29) is 5.97 Å². The van der Waals surface area contributed by atoms with Crippen LogP contribution in [0.2, 0.25) is 5.02 Å². The van der Waals surface area contributed by atoms with Crippen molar-refractivity contribution in [2.75, 3.05) is 7.11 Å². The summed E-state index contributed by atoms with van der Waals surface area (Å²) >= 11 is 5.98. The minimum atomic E-state index is -0.370. The van der Waals surface area contributed by atoms with E-state index in [9.17, 15) is 4.79 Å². The number of hydrogen-bond acceptors (Lipinski definition) is 3. The summed E-state index contributed by atoms with van der Waals surface area (Å²) in [6.45, 7) is 0. The normalized spacial score (nSPS) is 10.7. The molecule has 0 aliphatic carbocycles. The molecule has 0 radical (unpaired) electrons. The lowest BCUT2D eigenvalue weighted by molar-refractivity contribution is 0.0600. The summed E-state index contributed by atoms with van der Waals surface area (Å²) < 4.78 is 6.50. The van der Waals surface area contributed by atoms with Gasteiger partial charge in [0.15, 0.2) is 0 Å². The molecule has 5 heteroatoms. The lowest BCUT2D eigenvalue weighted by Gasteiger charge is -1.99. The van der Waals surface area contributed by atoms with Crippen molar-refractivity contribution in [3.05, 3.63) is 59.4 Å². The average molecular weight is 287 g/mol. The first-order chi connectivity index (χ1) is 9.67. The molecule has 0 aliphatic heterocycles. The third kappa shape index (κ3) is 2.26. The summed E-state index contributed by atoms with van der Waals surface area (Å²) in [6.07, 6.45) is 3.55. The van der Waals surface area contributed by atoms with Gasteiger partial charge >= 0.3 is 5.97 Å². The largest absolute Gasteiger partial charge is 0.465 e. The van der Waals surface area contributed by atoms with Gasteiger partial charge in [-0.05, 0) is 24.3 Å². The van der Waals surface area contributed by atoms with Crippen LogP contribution in [-0.4, -0.2) is 22.5 Å². The molecule has 0 N–H and O–H groups in total. The van der Waals surface area contributed by atoms with Crippen LogP contribution >= 0.6 is 11.6 Å². The van der Waals surface area contributed by atoms with Crippen molar-refractivity contribution in [1.82, 2.24) is 9.38 Å². The van der Waals surface area contributed by atoms with Crippen LogP contribution in [-0.2, 0) is 4.74 Å². The predicted octanol–water partition coefficient (Wildman–Crippen LogP) is 3.44. The Morgan fingerprint density at radius 2 is 2.10 bits per heavy atom. The topological polar surface area (TPSA) is 43.6 Å². The summed E-state index contributed by atoms with van der Waals surface area (Å²) in [4.78, 5) is 16.0. The van der Waals surface area contributed by atoms with Gasteiger partial charge in [0.1, 0.15) is 5.65 Å². The second-order valence-corrected chi connectivity index (χ2v) is 4.75. The lowest BCUT2D eigenvalue weighted by atomic mass is 10.2. The highest BCUT2D eigenvalue weighted by Gasteiger charge is 2.09. The van der Waals surface area contributed by atoms with Gasteiger partial charge in [-0.15, -0.1) is 0 Å². The number of fused-ring (bicyclic) bond motifs is 1. The van der Waals surface area contributed by atoms with Gasteiger partial charge in [0, 0.05) is 23.0 Å². The number of halogens is 1. The van der Waals surface area contributed by atoms with E-state index in [4.69, 9.17) is 16.3 Å². The summed E-state index contributed by atoms with van der Waals surface area (Å²) in [6, 6.07) is 11.0. The molecular formula is C15H11ClN2O2. The standard InChI is InChI=1S/C15H11ClN2O2/c1-20-15(19)11-5-6-14-17-13(9-18(14)8-11)10-3-2-4-12(16)7-10/h2-9H,1H3. The highest BCUT2D eigenvalue weighted by molar-refractivity contribution is 6.30. The SMILES string of the molecule is COC(=O)c1ccc2nc(-c3cccc(Cl)c3)cn2c1. The Morgan fingerprint density at radius 3 is 2.85 bits per heavy atom. The molecular weight excluding hydrogens is 276 g/mol. The van der Waals surface area contributed by atoms with Crippen LogP contribution in [0.25, 0.3) is 16.9 Å². The minimum Gasteiger partial charge on any atom is -0.465 e. The number of aromatic nitrogens is 2.